The summed E-state index contributed by atoms with van der Waals surface area (Å²) in [5.74, 6) is 2.32. The highest BCUT2D eigenvalue weighted by Crippen LogP contribution is 2.29. The molecule has 29 heavy (non-hydrogen) atoms. The van der Waals surface area contributed by atoms with E-state index < -0.39 is 0 Å². The van der Waals surface area contributed by atoms with Crippen molar-refractivity contribution in [1.29, 1.82) is 0 Å². The summed E-state index contributed by atoms with van der Waals surface area (Å²) in [6.45, 7) is 4.60. The highest BCUT2D eigenvalue weighted by Gasteiger charge is 2.25. The molecule has 0 saturated heterocycles. The number of nitrogens with one attached hydrogen (secondary N) is 2. The third kappa shape index (κ3) is 7.35. The molecule has 2 unspecified atom stereocenters. The topological polar surface area (TPSA) is 56.7 Å². The summed E-state index contributed by atoms with van der Waals surface area (Å²) < 4.78 is 0. The van der Waals surface area contributed by atoms with Crippen molar-refractivity contribution in [2.75, 3.05) is 25.9 Å². The monoisotopic (exact) mass is 530 g/mol. The van der Waals surface area contributed by atoms with Crippen LogP contribution in [0.4, 0.5) is 0 Å². The van der Waals surface area contributed by atoms with Crippen LogP contribution in [0.5, 0.6) is 0 Å². The molecular weight excluding hydrogens is 495 g/mol. The molecule has 7 heteroatoms. The van der Waals surface area contributed by atoms with E-state index in [9.17, 15) is 4.79 Å². The van der Waals surface area contributed by atoms with Crippen LogP contribution in [0.15, 0.2) is 29.3 Å². The number of carbonyl (C=O) groups excluding carboxylic acids is 1. The lowest BCUT2D eigenvalue weighted by molar-refractivity contribution is -0.132. The van der Waals surface area contributed by atoms with E-state index in [0.717, 1.165) is 43.7 Å². The molecule has 1 amide bonds. The van der Waals surface area contributed by atoms with Gasteiger partial charge in [0.1, 0.15) is 0 Å². The molecule has 1 aliphatic carbocycles. The van der Waals surface area contributed by atoms with E-state index >= 15 is 0 Å². The maximum Gasteiger partial charge on any atom is 0.222 e. The molecule has 1 aromatic rings. The first-order chi connectivity index (χ1) is 13.7. The second-order valence-corrected chi connectivity index (χ2v) is 9.25. The van der Waals surface area contributed by atoms with Crippen molar-refractivity contribution >= 4 is 47.6 Å². The normalized spacial score (nSPS) is 21.3. The number of aliphatic imine (C=N–C) groups is 1. The molecule has 0 radical (unpaired) electrons. The van der Waals surface area contributed by atoms with Gasteiger partial charge in [0.15, 0.2) is 5.96 Å². The SMILES string of the molecule is CCSC1CCC(NC(=NC)NCCCC(=O)N2CCc3ccccc3C2)C1.I. The van der Waals surface area contributed by atoms with Crippen LogP contribution in [0.25, 0.3) is 0 Å². The standard InChI is InChI=1S/C22H34N4OS.HI/c1-3-28-20-11-10-19(15-20)25-22(23-2)24-13-6-9-21(27)26-14-12-17-7-4-5-8-18(17)16-26;/h4-5,7-8,19-20H,3,6,9-16H2,1-2H3,(H2,23,24,25);1H. The molecule has 1 saturated carbocycles. The molecule has 2 atom stereocenters. The number of rotatable bonds is 7. The zero-order valence-corrected chi connectivity index (χ0v) is 20.8. The summed E-state index contributed by atoms with van der Waals surface area (Å²) in [4.78, 5) is 18.9. The Bertz CT molecular complexity index is 685. The van der Waals surface area contributed by atoms with Crippen molar-refractivity contribution < 1.29 is 4.79 Å². The van der Waals surface area contributed by atoms with E-state index in [2.05, 4.69) is 58.6 Å². The van der Waals surface area contributed by atoms with Crippen LogP contribution >= 0.6 is 35.7 Å². The van der Waals surface area contributed by atoms with E-state index in [1.807, 2.05) is 11.9 Å². The molecule has 1 heterocycles. The molecule has 3 rings (SSSR count). The minimum absolute atomic E-state index is 0. The van der Waals surface area contributed by atoms with Crippen molar-refractivity contribution in [3.8, 4) is 0 Å². The predicted molar refractivity (Wildman–Crippen MR) is 134 cm³/mol. The number of carbonyl (C=O) groups is 1. The zero-order chi connectivity index (χ0) is 19.8. The Kier molecular flexibility index (Phi) is 10.6. The van der Waals surface area contributed by atoms with Gasteiger partial charge in [-0.1, -0.05) is 31.2 Å². The molecule has 2 aliphatic rings. The van der Waals surface area contributed by atoms with Gasteiger partial charge in [0.05, 0.1) is 0 Å². The third-order valence-electron chi connectivity index (χ3n) is 5.69. The first-order valence-electron chi connectivity index (χ1n) is 10.6. The van der Waals surface area contributed by atoms with Gasteiger partial charge in [0, 0.05) is 44.4 Å². The van der Waals surface area contributed by atoms with Crippen LogP contribution < -0.4 is 10.6 Å². The summed E-state index contributed by atoms with van der Waals surface area (Å²) in [6, 6.07) is 8.97. The summed E-state index contributed by atoms with van der Waals surface area (Å²) in [7, 11) is 1.82. The van der Waals surface area contributed by atoms with E-state index in [0.29, 0.717) is 12.5 Å². The van der Waals surface area contributed by atoms with Crippen molar-refractivity contribution in [3.05, 3.63) is 35.4 Å². The number of fused-ring (bicyclic) bond motifs is 1. The Morgan fingerprint density at radius 2 is 2.07 bits per heavy atom. The van der Waals surface area contributed by atoms with Crippen LogP contribution in [0.3, 0.4) is 0 Å². The lowest BCUT2D eigenvalue weighted by Crippen LogP contribution is -2.43. The Balaban J connectivity index is 0.00000300. The second kappa shape index (κ2) is 12.7. The number of nitrogens with zero attached hydrogens (tertiary/aromatic N) is 2. The fourth-order valence-electron chi connectivity index (χ4n) is 4.16. The predicted octanol–water partition coefficient (Wildman–Crippen LogP) is 3.81. The summed E-state index contributed by atoms with van der Waals surface area (Å²) in [6.07, 6.45) is 6.11. The fourth-order valence-corrected chi connectivity index (χ4v) is 5.30. The lowest BCUT2D eigenvalue weighted by atomic mass is 9.99. The maximum atomic E-state index is 12.5. The van der Waals surface area contributed by atoms with Crippen LogP contribution in [0.1, 0.15) is 50.2 Å². The fraction of sp³-hybridized carbons (Fsp3) is 0.636. The van der Waals surface area contributed by atoms with Gasteiger partial charge in [-0.15, -0.1) is 24.0 Å². The number of guanidine groups is 1. The van der Waals surface area contributed by atoms with Gasteiger partial charge >= 0.3 is 0 Å². The molecule has 0 aromatic heterocycles. The molecular formula is C22H35IN4OS. The number of amides is 1. The van der Waals surface area contributed by atoms with E-state index in [-0.39, 0.29) is 29.9 Å². The minimum atomic E-state index is 0. The Morgan fingerprint density at radius 1 is 1.28 bits per heavy atom. The number of thioether (sulfide) groups is 1. The van der Waals surface area contributed by atoms with Crippen LogP contribution in [0, 0.1) is 0 Å². The molecule has 1 aliphatic heterocycles. The van der Waals surface area contributed by atoms with Gasteiger partial charge in [-0.25, -0.2) is 0 Å². The van der Waals surface area contributed by atoms with Gasteiger partial charge in [-0.3, -0.25) is 9.79 Å². The molecule has 5 nitrogen and oxygen atoms in total. The van der Waals surface area contributed by atoms with Crippen molar-refractivity contribution in [3.63, 3.8) is 0 Å². The Morgan fingerprint density at radius 3 is 2.83 bits per heavy atom. The van der Waals surface area contributed by atoms with Gasteiger partial charge in [0.2, 0.25) is 5.91 Å². The van der Waals surface area contributed by atoms with Gasteiger partial charge in [-0.05, 0) is 49.0 Å². The second-order valence-electron chi connectivity index (χ2n) is 7.67. The van der Waals surface area contributed by atoms with Crippen LogP contribution in [-0.2, 0) is 17.8 Å². The number of benzene rings is 1. The number of hydrogen-bond acceptors (Lipinski definition) is 3. The maximum absolute atomic E-state index is 12.5. The summed E-state index contributed by atoms with van der Waals surface area (Å²) in [5.41, 5.74) is 2.68. The van der Waals surface area contributed by atoms with Gasteiger partial charge < -0.3 is 15.5 Å². The minimum Gasteiger partial charge on any atom is -0.356 e. The van der Waals surface area contributed by atoms with Crippen molar-refractivity contribution in [2.45, 2.75) is 63.3 Å². The van der Waals surface area contributed by atoms with Crippen molar-refractivity contribution in [1.82, 2.24) is 15.5 Å². The van der Waals surface area contributed by atoms with E-state index in [4.69, 9.17) is 0 Å². The average Bonchev–Trinajstić information content (AvgIpc) is 3.17. The number of halogens is 1. The van der Waals surface area contributed by atoms with E-state index in [1.165, 1.54) is 36.1 Å². The first-order valence-corrected chi connectivity index (χ1v) is 11.7. The van der Waals surface area contributed by atoms with E-state index in [1.54, 1.807) is 0 Å². The molecule has 1 aromatic carbocycles. The molecule has 2 N–H and O–H groups in total. The Hall–Kier alpha value is -0.960. The highest BCUT2D eigenvalue weighted by atomic mass is 127. The third-order valence-corrected chi connectivity index (χ3v) is 6.93. The molecule has 1 fully saturated rings. The molecule has 0 bridgehead atoms. The number of hydrogen-bond donors (Lipinski definition) is 2. The summed E-state index contributed by atoms with van der Waals surface area (Å²) >= 11 is 2.07. The zero-order valence-electron chi connectivity index (χ0n) is 17.7. The van der Waals surface area contributed by atoms with Crippen LogP contribution in [-0.4, -0.2) is 53.9 Å². The van der Waals surface area contributed by atoms with Crippen LogP contribution in [0.2, 0.25) is 0 Å². The van der Waals surface area contributed by atoms with Gasteiger partial charge in [-0.2, -0.15) is 11.8 Å². The molecule has 0 spiro atoms. The smallest absolute Gasteiger partial charge is 0.222 e. The highest BCUT2D eigenvalue weighted by molar-refractivity contribution is 14.0. The largest absolute Gasteiger partial charge is 0.356 e. The lowest BCUT2D eigenvalue weighted by Gasteiger charge is -2.29. The molecule has 162 valence electrons. The Labute approximate surface area is 196 Å². The van der Waals surface area contributed by atoms with Gasteiger partial charge in [0.25, 0.3) is 0 Å². The van der Waals surface area contributed by atoms with Crippen molar-refractivity contribution in [2.24, 2.45) is 4.99 Å². The average molecular weight is 531 g/mol. The first kappa shape index (κ1) is 24.3. The quantitative estimate of drug-likeness (QED) is 0.244. The summed E-state index contributed by atoms with van der Waals surface area (Å²) in [5, 5.41) is 7.71.